The van der Waals surface area contributed by atoms with Crippen molar-refractivity contribution in [1.29, 1.82) is 0 Å². The maximum atomic E-state index is 4.58. The first kappa shape index (κ1) is 15.2. The Morgan fingerprint density at radius 1 is 1.04 bits per heavy atom. The van der Waals surface area contributed by atoms with E-state index in [-0.39, 0.29) is 0 Å². The van der Waals surface area contributed by atoms with Crippen LogP contribution in [0.2, 0.25) is 0 Å². The zero-order valence-electron chi connectivity index (χ0n) is 14.3. The van der Waals surface area contributed by atoms with Crippen molar-refractivity contribution in [3.8, 4) is 11.1 Å². The van der Waals surface area contributed by atoms with Crippen LogP contribution in [0, 0.1) is 0 Å². The first-order chi connectivity index (χ1) is 12.8. The Balaban J connectivity index is 1.45. The third kappa shape index (κ3) is 2.55. The summed E-state index contributed by atoms with van der Waals surface area (Å²) in [6, 6.07) is 5.04. The van der Waals surface area contributed by atoms with Crippen molar-refractivity contribution >= 4 is 22.6 Å². The number of rotatable bonds is 4. The Hall–Kier alpha value is -3.13. The molecule has 1 fully saturated rings. The molecule has 26 heavy (non-hydrogen) atoms. The van der Waals surface area contributed by atoms with E-state index >= 15 is 0 Å². The van der Waals surface area contributed by atoms with Gasteiger partial charge in [-0.1, -0.05) is 0 Å². The molecule has 0 spiro atoms. The number of fused-ring (bicyclic) bond motifs is 2. The second-order valence-electron chi connectivity index (χ2n) is 6.56. The lowest BCUT2D eigenvalue weighted by atomic mass is 9.87. The van der Waals surface area contributed by atoms with Crippen molar-refractivity contribution in [2.75, 3.05) is 12.4 Å². The molecule has 8 nitrogen and oxygen atoms in total. The number of nitrogens with zero attached hydrogens (tertiary/aromatic N) is 6. The molecule has 4 aromatic rings. The van der Waals surface area contributed by atoms with E-state index < -0.39 is 0 Å². The van der Waals surface area contributed by atoms with Crippen LogP contribution >= 0.6 is 0 Å². The smallest absolute Gasteiger partial charge is 0.241 e. The molecule has 4 heterocycles. The van der Waals surface area contributed by atoms with Crippen LogP contribution in [0.1, 0.15) is 12.8 Å². The summed E-state index contributed by atoms with van der Waals surface area (Å²) in [6.45, 7) is 0. The normalized spacial score (nSPS) is 19.6. The van der Waals surface area contributed by atoms with Gasteiger partial charge in [0.1, 0.15) is 5.52 Å². The summed E-state index contributed by atoms with van der Waals surface area (Å²) in [5.74, 6) is 0.654. The molecule has 0 aromatic carbocycles. The predicted octanol–water partition coefficient (Wildman–Crippen LogP) is 1.90. The number of nitrogens with one attached hydrogen (secondary N) is 2. The highest BCUT2D eigenvalue weighted by Gasteiger charge is 2.28. The molecule has 130 valence electrons. The molecule has 0 unspecified atom stereocenters. The van der Waals surface area contributed by atoms with Crippen LogP contribution < -0.4 is 10.6 Å². The molecule has 2 N–H and O–H groups in total. The molecule has 0 atom stereocenters. The van der Waals surface area contributed by atoms with E-state index in [2.05, 4.69) is 35.7 Å². The van der Waals surface area contributed by atoms with Gasteiger partial charge in [-0.05, 0) is 32.0 Å². The zero-order valence-corrected chi connectivity index (χ0v) is 14.3. The van der Waals surface area contributed by atoms with E-state index in [0.717, 1.165) is 35.0 Å². The fraction of sp³-hybridized carbons (Fsp3) is 0.278. The van der Waals surface area contributed by atoms with Gasteiger partial charge in [-0.15, -0.1) is 5.10 Å². The molecule has 5 rings (SSSR count). The number of anilines is 1. The predicted molar refractivity (Wildman–Crippen MR) is 98.8 cm³/mol. The molecule has 1 saturated carbocycles. The van der Waals surface area contributed by atoms with Crippen LogP contribution in [0.25, 0.3) is 27.8 Å². The maximum absolute atomic E-state index is 4.58. The number of aromatic nitrogens is 6. The van der Waals surface area contributed by atoms with E-state index in [4.69, 9.17) is 0 Å². The SMILES string of the molecule is CN[C@H]1C[C@@H](Nc2ncc3c(-c4cnc5nccnc5c4)ccn3n2)C1. The maximum Gasteiger partial charge on any atom is 0.241 e. The number of pyridine rings is 1. The van der Waals surface area contributed by atoms with Crippen molar-refractivity contribution in [3.63, 3.8) is 0 Å². The van der Waals surface area contributed by atoms with Crippen molar-refractivity contribution in [2.24, 2.45) is 0 Å². The largest absolute Gasteiger partial charge is 0.350 e. The zero-order chi connectivity index (χ0) is 17.5. The summed E-state index contributed by atoms with van der Waals surface area (Å²) in [5.41, 5.74) is 4.34. The third-order valence-corrected chi connectivity index (χ3v) is 4.93. The lowest BCUT2D eigenvalue weighted by Crippen LogP contribution is -2.46. The Labute approximate surface area is 149 Å². The van der Waals surface area contributed by atoms with Crippen LogP contribution in [-0.2, 0) is 0 Å². The Kier molecular flexibility index (Phi) is 3.49. The Bertz CT molecular complexity index is 1080. The molecular weight excluding hydrogens is 328 g/mol. The first-order valence-corrected chi connectivity index (χ1v) is 8.65. The lowest BCUT2D eigenvalue weighted by molar-refractivity contribution is 0.325. The van der Waals surface area contributed by atoms with Crippen molar-refractivity contribution in [3.05, 3.63) is 43.1 Å². The van der Waals surface area contributed by atoms with E-state index in [1.54, 1.807) is 12.4 Å². The van der Waals surface area contributed by atoms with Gasteiger partial charge in [-0.3, -0.25) is 4.98 Å². The van der Waals surface area contributed by atoms with E-state index in [1.807, 2.05) is 42.3 Å². The minimum atomic E-state index is 0.434. The van der Waals surface area contributed by atoms with Gasteiger partial charge in [0.15, 0.2) is 5.65 Å². The van der Waals surface area contributed by atoms with Crippen LogP contribution in [-0.4, -0.2) is 48.7 Å². The molecule has 0 aliphatic heterocycles. The molecule has 0 saturated heterocycles. The standard InChI is InChI=1S/C18H18N8/c1-19-12-7-13(8-12)24-18-23-10-16-14(2-5-26(16)25-18)11-6-15-17(22-9-11)21-4-3-20-15/h2-6,9-10,12-13,19H,7-8H2,1H3,(H,24,25)/t12-,13+. The number of hydrogen-bond acceptors (Lipinski definition) is 7. The highest BCUT2D eigenvalue weighted by Crippen LogP contribution is 2.27. The van der Waals surface area contributed by atoms with Gasteiger partial charge >= 0.3 is 0 Å². The van der Waals surface area contributed by atoms with Crippen LogP contribution in [0.4, 0.5) is 5.95 Å². The van der Waals surface area contributed by atoms with Gasteiger partial charge in [-0.25, -0.2) is 19.5 Å². The fourth-order valence-corrected chi connectivity index (χ4v) is 3.37. The Morgan fingerprint density at radius 3 is 2.81 bits per heavy atom. The third-order valence-electron chi connectivity index (χ3n) is 4.93. The Morgan fingerprint density at radius 2 is 1.92 bits per heavy atom. The van der Waals surface area contributed by atoms with Gasteiger partial charge in [0.2, 0.25) is 5.95 Å². The number of hydrogen-bond donors (Lipinski definition) is 2. The topological polar surface area (TPSA) is 92.9 Å². The van der Waals surface area contributed by atoms with E-state index in [1.165, 1.54) is 0 Å². The van der Waals surface area contributed by atoms with Gasteiger partial charge < -0.3 is 10.6 Å². The molecule has 8 heteroatoms. The first-order valence-electron chi connectivity index (χ1n) is 8.65. The molecule has 4 aromatic heterocycles. The minimum Gasteiger partial charge on any atom is -0.350 e. The van der Waals surface area contributed by atoms with Gasteiger partial charge in [0.05, 0.1) is 11.7 Å². The van der Waals surface area contributed by atoms with Crippen molar-refractivity contribution < 1.29 is 0 Å². The van der Waals surface area contributed by atoms with Gasteiger partial charge in [0, 0.05) is 48.0 Å². The minimum absolute atomic E-state index is 0.434. The molecule has 0 radical (unpaired) electrons. The fourth-order valence-electron chi connectivity index (χ4n) is 3.37. The van der Waals surface area contributed by atoms with Crippen LogP contribution in [0.5, 0.6) is 0 Å². The summed E-state index contributed by atoms with van der Waals surface area (Å²) in [4.78, 5) is 17.4. The van der Waals surface area contributed by atoms with E-state index in [9.17, 15) is 0 Å². The summed E-state index contributed by atoms with van der Waals surface area (Å²) in [5, 5.41) is 11.3. The van der Waals surface area contributed by atoms with Crippen molar-refractivity contribution in [2.45, 2.75) is 24.9 Å². The average molecular weight is 346 g/mol. The summed E-state index contributed by atoms with van der Waals surface area (Å²) >= 11 is 0. The van der Waals surface area contributed by atoms with Gasteiger partial charge in [-0.2, -0.15) is 0 Å². The second kappa shape index (κ2) is 5.99. The van der Waals surface area contributed by atoms with Crippen molar-refractivity contribution in [1.82, 2.24) is 34.9 Å². The molecule has 0 bridgehead atoms. The summed E-state index contributed by atoms with van der Waals surface area (Å²) < 4.78 is 1.85. The lowest BCUT2D eigenvalue weighted by Gasteiger charge is -2.35. The second-order valence-corrected chi connectivity index (χ2v) is 6.56. The van der Waals surface area contributed by atoms with E-state index in [0.29, 0.717) is 23.7 Å². The summed E-state index contributed by atoms with van der Waals surface area (Å²) in [7, 11) is 2.00. The highest BCUT2D eigenvalue weighted by molar-refractivity contribution is 5.84. The highest BCUT2D eigenvalue weighted by atomic mass is 15.3. The summed E-state index contributed by atoms with van der Waals surface area (Å²) in [6.07, 6.45) is 11.1. The molecule has 1 aliphatic rings. The van der Waals surface area contributed by atoms with Gasteiger partial charge in [0.25, 0.3) is 0 Å². The molecule has 0 amide bonds. The molecular formula is C18H18N8. The van der Waals surface area contributed by atoms with Crippen LogP contribution in [0.3, 0.4) is 0 Å². The quantitative estimate of drug-likeness (QED) is 0.583. The average Bonchev–Trinajstić information content (AvgIpc) is 3.07. The molecule has 1 aliphatic carbocycles. The van der Waals surface area contributed by atoms with Crippen LogP contribution in [0.15, 0.2) is 43.1 Å². The monoisotopic (exact) mass is 346 g/mol.